The summed E-state index contributed by atoms with van der Waals surface area (Å²) in [5.74, 6) is -2.62. The molecular formula is C16H16F2N2O2S. The van der Waals surface area contributed by atoms with E-state index in [1.807, 2.05) is 0 Å². The van der Waals surface area contributed by atoms with Gasteiger partial charge in [-0.2, -0.15) is 0 Å². The van der Waals surface area contributed by atoms with Gasteiger partial charge in [0.15, 0.2) is 0 Å². The molecule has 1 heterocycles. The lowest BCUT2D eigenvalue weighted by Gasteiger charge is -2.21. The normalized spacial score (nSPS) is 12.0. The Hall–Kier alpha value is -2.28. The zero-order valence-electron chi connectivity index (χ0n) is 12.6. The van der Waals surface area contributed by atoms with Crippen molar-refractivity contribution in [3.8, 4) is 0 Å². The maximum atomic E-state index is 13.6. The van der Waals surface area contributed by atoms with Crippen LogP contribution in [0, 0.1) is 17.6 Å². The van der Waals surface area contributed by atoms with Gasteiger partial charge >= 0.3 is 0 Å². The summed E-state index contributed by atoms with van der Waals surface area (Å²) in [5.41, 5.74) is -0.258. The standard InChI is InChI=1S/C16H16F2N2O2S/c1-9(2)14(20-15(21)13-4-3-7-23-13)16(22)19-12-8-10(17)5-6-11(12)18/h3-9,14H,1-2H3,(H,19,22)(H,20,21). The first-order valence-electron chi connectivity index (χ1n) is 6.98. The molecule has 2 N–H and O–H groups in total. The van der Waals surface area contributed by atoms with Crippen LogP contribution in [0.15, 0.2) is 35.7 Å². The van der Waals surface area contributed by atoms with Gasteiger partial charge in [-0.15, -0.1) is 11.3 Å². The van der Waals surface area contributed by atoms with Crippen LogP contribution in [-0.2, 0) is 4.79 Å². The zero-order valence-corrected chi connectivity index (χ0v) is 13.4. The lowest BCUT2D eigenvalue weighted by Crippen LogP contribution is -2.47. The first kappa shape index (κ1) is 17.1. The Morgan fingerprint density at radius 2 is 1.91 bits per heavy atom. The van der Waals surface area contributed by atoms with Gasteiger partial charge in [-0.25, -0.2) is 8.78 Å². The molecule has 1 aromatic heterocycles. The first-order chi connectivity index (χ1) is 10.9. The Balaban J connectivity index is 2.12. The maximum absolute atomic E-state index is 13.6. The average Bonchev–Trinajstić information content (AvgIpc) is 3.02. The molecule has 0 radical (unpaired) electrons. The Labute approximate surface area is 136 Å². The van der Waals surface area contributed by atoms with Crippen LogP contribution >= 0.6 is 11.3 Å². The number of carbonyl (C=O) groups excluding carboxylic acids is 2. The highest BCUT2D eigenvalue weighted by Crippen LogP contribution is 2.17. The van der Waals surface area contributed by atoms with Gasteiger partial charge in [0.2, 0.25) is 5.91 Å². The smallest absolute Gasteiger partial charge is 0.262 e. The van der Waals surface area contributed by atoms with E-state index in [1.54, 1.807) is 31.4 Å². The second kappa shape index (κ2) is 7.32. The third-order valence-corrected chi connectivity index (χ3v) is 4.04. The summed E-state index contributed by atoms with van der Waals surface area (Å²) in [6.45, 7) is 3.50. The predicted molar refractivity (Wildman–Crippen MR) is 85.4 cm³/mol. The third-order valence-electron chi connectivity index (χ3n) is 3.17. The molecular weight excluding hydrogens is 322 g/mol. The molecule has 7 heteroatoms. The van der Waals surface area contributed by atoms with Crippen LogP contribution in [0.25, 0.3) is 0 Å². The number of hydrogen-bond acceptors (Lipinski definition) is 3. The number of thiophene rings is 1. The van der Waals surface area contributed by atoms with E-state index in [2.05, 4.69) is 10.6 Å². The largest absolute Gasteiger partial charge is 0.339 e. The molecule has 0 saturated carbocycles. The highest BCUT2D eigenvalue weighted by Gasteiger charge is 2.25. The molecule has 2 rings (SSSR count). The molecule has 4 nitrogen and oxygen atoms in total. The van der Waals surface area contributed by atoms with Crippen molar-refractivity contribution in [2.45, 2.75) is 19.9 Å². The number of amides is 2. The van der Waals surface area contributed by atoms with Crippen molar-refractivity contribution in [1.29, 1.82) is 0 Å². The minimum Gasteiger partial charge on any atom is -0.339 e. The minimum absolute atomic E-state index is 0.226. The van der Waals surface area contributed by atoms with E-state index in [1.165, 1.54) is 11.3 Å². The molecule has 0 fully saturated rings. The molecule has 0 saturated heterocycles. The lowest BCUT2D eigenvalue weighted by molar-refractivity contribution is -0.118. The number of anilines is 1. The van der Waals surface area contributed by atoms with Crippen LogP contribution in [-0.4, -0.2) is 17.9 Å². The molecule has 1 atom stereocenters. The number of rotatable bonds is 5. The number of halogens is 2. The molecule has 23 heavy (non-hydrogen) atoms. The van der Waals surface area contributed by atoms with Crippen molar-refractivity contribution in [3.63, 3.8) is 0 Å². The topological polar surface area (TPSA) is 58.2 Å². The molecule has 0 aliphatic rings. The summed E-state index contributed by atoms with van der Waals surface area (Å²) in [5, 5.41) is 6.69. The maximum Gasteiger partial charge on any atom is 0.262 e. The van der Waals surface area contributed by atoms with Crippen LogP contribution in [0.2, 0.25) is 0 Å². The van der Waals surface area contributed by atoms with Gasteiger partial charge in [-0.1, -0.05) is 19.9 Å². The number of carbonyl (C=O) groups is 2. The van der Waals surface area contributed by atoms with Crippen molar-refractivity contribution >= 4 is 28.8 Å². The van der Waals surface area contributed by atoms with Crippen LogP contribution in [0.3, 0.4) is 0 Å². The molecule has 1 unspecified atom stereocenters. The fraction of sp³-hybridized carbons (Fsp3) is 0.250. The summed E-state index contributed by atoms with van der Waals surface area (Å²) in [6.07, 6.45) is 0. The Morgan fingerprint density at radius 1 is 1.17 bits per heavy atom. The molecule has 0 aliphatic heterocycles. The summed E-state index contributed by atoms with van der Waals surface area (Å²) in [7, 11) is 0. The van der Waals surface area contributed by atoms with E-state index in [-0.39, 0.29) is 17.5 Å². The first-order valence-corrected chi connectivity index (χ1v) is 7.86. The highest BCUT2D eigenvalue weighted by molar-refractivity contribution is 7.12. The van der Waals surface area contributed by atoms with Crippen LogP contribution in [0.5, 0.6) is 0 Å². The van der Waals surface area contributed by atoms with E-state index in [9.17, 15) is 18.4 Å². The third kappa shape index (κ3) is 4.35. The average molecular weight is 338 g/mol. The SMILES string of the molecule is CC(C)C(NC(=O)c1cccs1)C(=O)Nc1cc(F)ccc1F. The van der Waals surface area contributed by atoms with Crippen molar-refractivity contribution in [3.05, 3.63) is 52.2 Å². The van der Waals surface area contributed by atoms with Crippen molar-refractivity contribution in [2.24, 2.45) is 5.92 Å². The number of hydrogen-bond donors (Lipinski definition) is 2. The minimum atomic E-state index is -0.868. The Bertz CT molecular complexity index is 702. The van der Waals surface area contributed by atoms with Gasteiger partial charge in [0.25, 0.3) is 5.91 Å². The molecule has 1 aromatic carbocycles. The monoisotopic (exact) mass is 338 g/mol. The molecule has 0 spiro atoms. The van der Waals surface area contributed by atoms with Crippen LogP contribution in [0.4, 0.5) is 14.5 Å². The second-order valence-corrected chi connectivity index (χ2v) is 6.23. The van der Waals surface area contributed by atoms with Gasteiger partial charge in [-0.3, -0.25) is 9.59 Å². The van der Waals surface area contributed by atoms with Gasteiger partial charge in [0, 0.05) is 6.07 Å². The quantitative estimate of drug-likeness (QED) is 0.878. The predicted octanol–water partition coefficient (Wildman–Crippen LogP) is 3.42. The van der Waals surface area contributed by atoms with Gasteiger partial charge in [0.05, 0.1) is 10.6 Å². The fourth-order valence-corrected chi connectivity index (χ4v) is 2.59. The van der Waals surface area contributed by atoms with Crippen molar-refractivity contribution in [1.82, 2.24) is 5.32 Å². The zero-order chi connectivity index (χ0) is 17.0. The molecule has 0 bridgehead atoms. The van der Waals surface area contributed by atoms with E-state index < -0.39 is 23.6 Å². The van der Waals surface area contributed by atoms with E-state index in [4.69, 9.17) is 0 Å². The molecule has 2 aromatic rings. The van der Waals surface area contributed by atoms with E-state index >= 15 is 0 Å². The van der Waals surface area contributed by atoms with Gasteiger partial charge in [0.1, 0.15) is 17.7 Å². The summed E-state index contributed by atoms with van der Waals surface area (Å²) in [4.78, 5) is 24.9. The van der Waals surface area contributed by atoms with Gasteiger partial charge < -0.3 is 10.6 Å². The molecule has 0 aliphatic carbocycles. The number of benzene rings is 1. The Morgan fingerprint density at radius 3 is 2.52 bits per heavy atom. The van der Waals surface area contributed by atoms with Crippen LogP contribution in [0.1, 0.15) is 23.5 Å². The van der Waals surface area contributed by atoms with Crippen molar-refractivity contribution in [2.75, 3.05) is 5.32 Å². The van der Waals surface area contributed by atoms with Gasteiger partial charge in [-0.05, 0) is 29.5 Å². The fourth-order valence-electron chi connectivity index (χ4n) is 1.96. The summed E-state index contributed by atoms with van der Waals surface area (Å²) >= 11 is 1.25. The Kier molecular flexibility index (Phi) is 5.44. The molecule has 122 valence electrons. The van der Waals surface area contributed by atoms with Crippen molar-refractivity contribution < 1.29 is 18.4 Å². The highest BCUT2D eigenvalue weighted by atomic mass is 32.1. The second-order valence-electron chi connectivity index (χ2n) is 5.29. The number of nitrogens with one attached hydrogen (secondary N) is 2. The van der Waals surface area contributed by atoms with Crippen LogP contribution < -0.4 is 10.6 Å². The van der Waals surface area contributed by atoms with E-state index in [0.717, 1.165) is 18.2 Å². The lowest BCUT2D eigenvalue weighted by atomic mass is 10.0. The van der Waals surface area contributed by atoms with E-state index in [0.29, 0.717) is 4.88 Å². The summed E-state index contributed by atoms with van der Waals surface area (Å²) in [6, 6.07) is 5.29. The summed E-state index contributed by atoms with van der Waals surface area (Å²) < 4.78 is 26.8. The molecule has 2 amide bonds.